The van der Waals surface area contributed by atoms with Crippen molar-refractivity contribution in [1.29, 1.82) is 0 Å². The minimum absolute atomic E-state index is 0. The zero-order chi connectivity index (χ0) is 11.0. The van der Waals surface area contributed by atoms with Gasteiger partial charge in [0, 0.05) is 22.4 Å². The number of nitrogens with zero attached hydrogens (tertiary/aromatic N) is 2. The molecule has 17 heavy (non-hydrogen) atoms. The molecule has 0 saturated heterocycles. The van der Waals surface area contributed by atoms with E-state index >= 15 is 0 Å². The molecular formula is C13H10BrIN2. The third-order valence-corrected chi connectivity index (χ3v) is 3.03. The molecule has 0 spiro atoms. The molecule has 0 aliphatic carbocycles. The van der Waals surface area contributed by atoms with Crippen molar-refractivity contribution < 1.29 is 0 Å². The summed E-state index contributed by atoms with van der Waals surface area (Å²) in [5.41, 5.74) is 3.10. The highest BCUT2D eigenvalue weighted by Crippen LogP contribution is 2.21. The molecule has 0 aliphatic heterocycles. The number of hydrogen-bond acceptors (Lipinski definition) is 1. The Bertz CT molecular complexity index is 598. The molecule has 1 aromatic carbocycles. The third-order valence-electron chi connectivity index (χ3n) is 2.50. The van der Waals surface area contributed by atoms with E-state index < -0.39 is 0 Å². The van der Waals surface area contributed by atoms with Crippen molar-refractivity contribution in [2.24, 2.45) is 0 Å². The molecule has 0 unspecified atom stereocenters. The van der Waals surface area contributed by atoms with Gasteiger partial charge in [-0.3, -0.25) is 0 Å². The zero-order valence-corrected chi connectivity index (χ0v) is 12.8. The summed E-state index contributed by atoms with van der Waals surface area (Å²) in [6.45, 7) is 0. The van der Waals surface area contributed by atoms with Crippen molar-refractivity contribution >= 4 is 45.6 Å². The first-order valence-corrected chi connectivity index (χ1v) is 5.82. The number of rotatable bonds is 1. The highest BCUT2D eigenvalue weighted by Gasteiger charge is 2.02. The number of fused-ring (bicyclic) bond motifs is 1. The van der Waals surface area contributed by atoms with E-state index in [2.05, 4.69) is 33.0 Å². The molecule has 0 N–H and O–H groups in total. The van der Waals surface area contributed by atoms with E-state index in [0.29, 0.717) is 0 Å². The second kappa shape index (κ2) is 5.18. The fourth-order valence-electron chi connectivity index (χ4n) is 1.69. The average molecular weight is 401 g/mol. The maximum atomic E-state index is 4.56. The minimum atomic E-state index is 0. The quantitative estimate of drug-likeness (QED) is 0.554. The van der Waals surface area contributed by atoms with Crippen LogP contribution in [0.4, 0.5) is 0 Å². The molecule has 2 heterocycles. The maximum absolute atomic E-state index is 4.56. The highest BCUT2D eigenvalue weighted by molar-refractivity contribution is 14.0. The Morgan fingerprint density at radius 1 is 1.00 bits per heavy atom. The van der Waals surface area contributed by atoms with Gasteiger partial charge in [-0.15, -0.1) is 24.0 Å². The van der Waals surface area contributed by atoms with Gasteiger partial charge < -0.3 is 4.40 Å². The lowest BCUT2D eigenvalue weighted by Gasteiger charge is -1.95. The van der Waals surface area contributed by atoms with E-state index in [0.717, 1.165) is 21.4 Å². The fourth-order valence-corrected chi connectivity index (χ4v) is 1.96. The lowest BCUT2D eigenvalue weighted by molar-refractivity contribution is 1.19. The zero-order valence-electron chi connectivity index (χ0n) is 8.88. The van der Waals surface area contributed by atoms with E-state index in [9.17, 15) is 0 Å². The van der Waals surface area contributed by atoms with Crippen molar-refractivity contribution in [1.82, 2.24) is 9.38 Å². The molecule has 2 nitrogen and oxygen atoms in total. The van der Waals surface area contributed by atoms with Crippen molar-refractivity contribution in [3.8, 4) is 11.3 Å². The molecule has 0 radical (unpaired) electrons. The third kappa shape index (κ3) is 2.52. The number of pyridine rings is 1. The van der Waals surface area contributed by atoms with Gasteiger partial charge in [0.05, 0.1) is 5.69 Å². The Balaban J connectivity index is 0.00000108. The summed E-state index contributed by atoms with van der Waals surface area (Å²) in [5.74, 6) is 0. The lowest BCUT2D eigenvalue weighted by atomic mass is 10.2. The SMILES string of the molecule is Brc1ccc(-c2cn3ccccc3n2)cc1.I. The number of imidazole rings is 1. The van der Waals surface area contributed by atoms with Gasteiger partial charge in [-0.1, -0.05) is 34.1 Å². The molecule has 3 rings (SSSR count). The molecule has 0 atom stereocenters. The molecule has 0 amide bonds. The Morgan fingerprint density at radius 2 is 1.76 bits per heavy atom. The van der Waals surface area contributed by atoms with E-state index in [1.54, 1.807) is 0 Å². The maximum Gasteiger partial charge on any atom is 0.137 e. The molecule has 3 aromatic rings. The first kappa shape index (κ1) is 12.6. The second-order valence-electron chi connectivity index (χ2n) is 3.60. The standard InChI is InChI=1S/C13H9BrN2.HI/c14-11-6-4-10(5-7-11)12-9-16-8-2-1-3-13(16)15-12;/h1-9H;1H. The number of aromatic nitrogens is 2. The van der Waals surface area contributed by atoms with Gasteiger partial charge in [0.25, 0.3) is 0 Å². The first-order chi connectivity index (χ1) is 7.83. The normalized spacial score (nSPS) is 10.2. The van der Waals surface area contributed by atoms with E-state index in [1.807, 2.05) is 47.1 Å². The Morgan fingerprint density at radius 3 is 2.47 bits per heavy atom. The van der Waals surface area contributed by atoms with Crippen LogP contribution in [0.3, 0.4) is 0 Å². The van der Waals surface area contributed by atoms with Crippen LogP contribution >= 0.6 is 39.9 Å². The van der Waals surface area contributed by atoms with Crippen LogP contribution in [0.1, 0.15) is 0 Å². The largest absolute Gasteiger partial charge is 0.306 e. The summed E-state index contributed by atoms with van der Waals surface area (Å²) in [6, 6.07) is 14.2. The second-order valence-corrected chi connectivity index (χ2v) is 4.51. The van der Waals surface area contributed by atoms with Crippen LogP contribution in [-0.2, 0) is 0 Å². The van der Waals surface area contributed by atoms with Crippen molar-refractivity contribution in [3.63, 3.8) is 0 Å². The van der Waals surface area contributed by atoms with Crippen molar-refractivity contribution in [2.45, 2.75) is 0 Å². The monoisotopic (exact) mass is 400 g/mol. The van der Waals surface area contributed by atoms with Crippen molar-refractivity contribution in [3.05, 3.63) is 59.3 Å². The van der Waals surface area contributed by atoms with Crippen LogP contribution in [0.15, 0.2) is 59.3 Å². The fraction of sp³-hybridized carbons (Fsp3) is 0. The Hall–Kier alpha value is -0.880. The summed E-state index contributed by atoms with van der Waals surface area (Å²) >= 11 is 3.43. The molecule has 86 valence electrons. The average Bonchev–Trinajstić information content (AvgIpc) is 2.73. The molecule has 2 aromatic heterocycles. The number of hydrogen-bond donors (Lipinski definition) is 0. The summed E-state index contributed by atoms with van der Waals surface area (Å²) in [4.78, 5) is 4.56. The lowest BCUT2D eigenvalue weighted by Crippen LogP contribution is -1.77. The van der Waals surface area contributed by atoms with Crippen molar-refractivity contribution in [2.75, 3.05) is 0 Å². The molecular weight excluding hydrogens is 391 g/mol. The molecule has 4 heteroatoms. The summed E-state index contributed by atoms with van der Waals surface area (Å²) in [5, 5.41) is 0. The van der Waals surface area contributed by atoms with E-state index in [4.69, 9.17) is 0 Å². The van der Waals surface area contributed by atoms with Crippen LogP contribution in [0.25, 0.3) is 16.9 Å². The van der Waals surface area contributed by atoms with Gasteiger partial charge in [0.15, 0.2) is 0 Å². The Labute approximate surface area is 125 Å². The number of benzene rings is 1. The van der Waals surface area contributed by atoms with Gasteiger partial charge in [-0.05, 0) is 24.3 Å². The van der Waals surface area contributed by atoms with Crippen LogP contribution < -0.4 is 0 Å². The van der Waals surface area contributed by atoms with Gasteiger partial charge in [0.2, 0.25) is 0 Å². The summed E-state index contributed by atoms with van der Waals surface area (Å²) in [6.07, 6.45) is 4.04. The topological polar surface area (TPSA) is 17.3 Å². The predicted octanol–water partition coefficient (Wildman–Crippen LogP) is 4.38. The van der Waals surface area contributed by atoms with Gasteiger partial charge in [0.1, 0.15) is 5.65 Å². The van der Waals surface area contributed by atoms with Crippen LogP contribution in [0.5, 0.6) is 0 Å². The smallest absolute Gasteiger partial charge is 0.137 e. The van der Waals surface area contributed by atoms with E-state index in [1.165, 1.54) is 0 Å². The van der Waals surface area contributed by atoms with Crippen LogP contribution in [0.2, 0.25) is 0 Å². The summed E-state index contributed by atoms with van der Waals surface area (Å²) in [7, 11) is 0. The first-order valence-electron chi connectivity index (χ1n) is 5.02. The molecule has 0 saturated carbocycles. The molecule has 0 fully saturated rings. The highest BCUT2D eigenvalue weighted by atomic mass is 127. The van der Waals surface area contributed by atoms with Gasteiger partial charge in [-0.2, -0.15) is 0 Å². The minimum Gasteiger partial charge on any atom is -0.306 e. The molecule has 0 aliphatic rings. The number of halogens is 2. The Kier molecular flexibility index (Phi) is 3.83. The molecule has 0 bridgehead atoms. The van der Waals surface area contributed by atoms with Crippen LogP contribution in [-0.4, -0.2) is 9.38 Å². The summed E-state index contributed by atoms with van der Waals surface area (Å²) < 4.78 is 3.11. The van der Waals surface area contributed by atoms with Gasteiger partial charge >= 0.3 is 0 Å². The van der Waals surface area contributed by atoms with E-state index in [-0.39, 0.29) is 24.0 Å². The predicted molar refractivity (Wildman–Crippen MR) is 83.7 cm³/mol. The van der Waals surface area contributed by atoms with Gasteiger partial charge in [-0.25, -0.2) is 4.98 Å². The van der Waals surface area contributed by atoms with Crippen LogP contribution in [0, 0.1) is 0 Å².